The number of hydrazine groups is 1. The van der Waals surface area contributed by atoms with Crippen LogP contribution in [-0.2, 0) is 0 Å². The molecule has 0 saturated heterocycles. The summed E-state index contributed by atoms with van der Waals surface area (Å²) in [6.07, 6.45) is 0. The number of anilines is 2. The smallest absolute Gasteiger partial charge is 0.335 e. The van der Waals surface area contributed by atoms with Gasteiger partial charge in [-0.1, -0.05) is 12.1 Å². The summed E-state index contributed by atoms with van der Waals surface area (Å²) in [5.41, 5.74) is 5.22. The lowest BCUT2D eigenvalue weighted by molar-refractivity contribution is -0.383. The SMILES string of the molecule is O=C(O)c1ccc(O)c(NNc2ccccc2[N+](=O)[O-])c1. The molecule has 0 aliphatic heterocycles. The van der Waals surface area contributed by atoms with Crippen molar-refractivity contribution >= 4 is 23.0 Å². The van der Waals surface area contributed by atoms with Gasteiger partial charge in [-0.3, -0.25) is 21.0 Å². The number of para-hydroxylation sites is 2. The van der Waals surface area contributed by atoms with Gasteiger partial charge in [0.05, 0.1) is 16.2 Å². The molecule has 0 saturated carbocycles. The third kappa shape index (κ3) is 3.18. The molecule has 0 heterocycles. The Hall–Kier alpha value is -3.29. The second kappa shape index (κ2) is 5.78. The number of nitrogens with one attached hydrogen (secondary N) is 2. The van der Waals surface area contributed by atoms with Crippen molar-refractivity contribution < 1.29 is 19.9 Å². The number of hydrogen-bond acceptors (Lipinski definition) is 6. The van der Waals surface area contributed by atoms with Crippen molar-refractivity contribution in [3.63, 3.8) is 0 Å². The fraction of sp³-hybridized carbons (Fsp3) is 0. The number of phenols is 1. The number of aromatic carboxylic acids is 1. The number of benzene rings is 2. The number of phenolic OH excluding ortho intramolecular Hbond substituents is 1. The first-order valence-electron chi connectivity index (χ1n) is 5.81. The van der Waals surface area contributed by atoms with Crippen molar-refractivity contribution in [1.82, 2.24) is 0 Å². The Morgan fingerprint density at radius 2 is 1.76 bits per heavy atom. The van der Waals surface area contributed by atoms with E-state index in [2.05, 4.69) is 10.9 Å². The summed E-state index contributed by atoms with van der Waals surface area (Å²) in [5.74, 6) is -1.34. The summed E-state index contributed by atoms with van der Waals surface area (Å²) in [5, 5.41) is 29.4. The molecule has 0 atom stereocenters. The van der Waals surface area contributed by atoms with E-state index >= 15 is 0 Å². The Bertz CT molecular complexity index is 702. The summed E-state index contributed by atoms with van der Waals surface area (Å²) in [6.45, 7) is 0. The largest absolute Gasteiger partial charge is 0.506 e. The highest BCUT2D eigenvalue weighted by Crippen LogP contribution is 2.27. The third-order valence-corrected chi connectivity index (χ3v) is 2.68. The normalized spacial score (nSPS) is 9.90. The molecule has 4 N–H and O–H groups in total. The summed E-state index contributed by atoms with van der Waals surface area (Å²) in [4.78, 5) is 21.2. The molecule has 0 aromatic heterocycles. The standard InChI is InChI=1S/C13H11N3O5/c17-12-6-5-8(13(18)19)7-10(12)15-14-9-3-1-2-4-11(9)16(20)21/h1-7,14-15,17H,(H,18,19). The van der Waals surface area contributed by atoms with Crippen molar-refractivity contribution in [2.75, 3.05) is 10.9 Å². The van der Waals surface area contributed by atoms with Gasteiger partial charge in [0.2, 0.25) is 0 Å². The highest BCUT2D eigenvalue weighted by molar-refractivity contribution is 5.89. The van der Waals surface area contributed by atoms with Gasteiger partial charge in [0.1, 0.15) is 11.4 Å². The quantitative estimate of drug-likeness (QED) is 0.378. The van der Waals surface area contributed by atoms with Gasteiger partial charge in [0.15, 0.2) is 0 Å². The highest BCUT2D eigenvalue weighted by atomic mass is 16.6. The molecule has 0 unspecified atom stereocenters. The van der Waals surface area contributed by atoms with E-state index in [0.29, 0.717) is 0 Å². The summed E-state index contributed by atoms with van der Waals surface area (Å²) < 4.78 is 0. The molecule has 2 aromatic rings. The van der Waals surface area contributed by atoms with Gasteiger partial charge < -0.3 is 10.2 Å². The fourth-order valence-electron chi connectivity index (χ4n) is 1.64. The molecular formula is C13H11N3O5. The maximum Gasteiger partial charge on any atom is 0.335 e. The first kappa shape index (κ1) is 14.1. The van der Waals surface area contributed by atoms with Crippen LogP contribution in [0, 0.1) is 10.1 Å². The molecule has 0 spiro atoms. The molecule has 0 aliphatic carbocycles. The van der Waals surface area contributed by atoms with E-state index in [4.69, 9.17) is 5.11 Å². The van der Waals surface area contributed by atoms with E-state index in [0.717, 1.165) is 0 Å². The molecule has 0 bridgehead atoms. The zero-order chi connectivity index (χ0) is 15.4. The molecule has 21 heavy (non-hydrogen) atoms. The molecule has 8 nitrogen and oxygen atoms in total. The lowest BCUT2D eigenvalue weighted by Gasteiger charge is -2.11. The fourth-order valence-corrected chi connectivity index (χ4v) is 1.64. The minimum Gasteiger partial charge on any atom is -0.506 e. The van der Waals surface area contributed by atoms with E-state index in [-0.39, 0.29) is 28.4 Å². The van der Waals surface area contributed by atoms with Crippen molar-refractivity contribution in [2.24, 2.45) is 0 Å². The van der Waals surface area contributed by atoms with E-state index < -0.39 is 10.9 Å². The number of carbonyl (C=O) groups is 1. The Balaban J connectivity index is 2.22. The number of nitro benzene ring substituents is 1. The average Bonchev–Trinajstić information content (AvgIpc) is 2.46. The van der Waals surface area contributed by atoms with Gasteiger partial charge in [-0.25, -0.2) is 4.79 Å². The molecule has 2 aromatic carbocycles. The number of hydrogen-bond donors (Lipinski definition) is 4. The number of aromatic hydroxyl groups is 1. The van der Waals surface area contributed by atoms with Crippen molar-refractivity contribution in [2.45, 2.75) is 0 Å². The monoisotopic (exact) mass is 289 g/mol. The van der Waals surface area contributed by atoms with Crippen LogP contribution in [0.25, 0.3) is 0 Å². The maximum absolute atomic E-state index is 10.9. The summed E-state index contributed by atoms with van der Waals surface area (Å²) in [7, 11) is 0. The molecule has 0 aliphatic rings. The predicted molar refractivity (Wildman–Crippen MR) is 75.4 cm³/mol. The number of rotatable bonds is 5. The molecule has 0 radical (unpaired) electrons. The van der Waals surface area contributed by atoms with Gasteiger partial charge in [-0.05, 0) is 24.3 Å². The van der Waals surface area contributed by atoms with Crippen LogP contribution in [0.5, 0.6) is 5.75 Å². The first-order valence-corrected chi connectivity index (χ1v) is 5.81. The van der Waals surface area contributed by atoms with Crippen molar-refractivity contribution in [3.8, 4) is 5.75 Å². The topological polar surface area (TPSA) is 125 Å². The van der Waals surface area contributed by atoms with Crippen molar-refractivity contribution in [1.29, 1.82) is 0 Å². The van der Waals surface area contributed by atoms with Gasteiger partial charge >= 0.3 is 5.97 Å². The Labute approximate surface area is 118 Å². The predicted octanol–water partition coefficient (Wildman–Crippen LogP) is 2.44. The molecular weight excluding hydrogens is 278 g/mol. The Morgan fingerprint density at radius 1 is 1.10 bits per heavy atom. The summed E-state index contributed by atoms with van der Waals surface area (Å²) in [6, 6.07) is 9.58. The zero-order valence-electron chi connectivity index (χ0n) is 10.6. The molecule has 108 valence electrons. The number of nitro groups is 1. The molecule has 2 rings (SSSR count). The maximum atomic E-state index is 10.9. The Kier molecular flexibility index (Phi) is 3.89. The number of carboxylic acids is 1. The Morgan fingerprint density at radius 3 is 2.43 bits per heavy atom. The lowest BCUT2D eigenvalue weighted by Crippen LogP contribution is -2.11. The van der Waals surface area contributed by atoms with Crippen LogP contribution in [0.1, 0.15) is 10.4 Å². The first-order chi connectivity index (χ1) is 9.99. The number of carboxylic acid groups (broad SMARTS) is 1. The van der Waals surface area contributed by atoms with E-state index in [9.17, 15) is 20.0 Å². The van der Waals surface area contributed by atoms with Crippen LogP contribution in [0.4, 0.5) is 17.1 Å². The van der Waals surface area contributed by atoms with E-state index in [1.807, 2.05) is 0 Å². The zero-order valence-corrected chi connectivity index (χ0v) is 10.6. The van der Waals surface area contributed by atoms with Gasteiger partial charge in [-0.15, -0.1) is 0 Å². The second-order valence-corrected chi connectivity index (χ2v) is 4.06. The van der Waals surface area contributed by atoms with Crippen LogP contribution in [0.2, 0.25) is 0 Å². The van der Waals surface area contributed by atoms with Crippen molar-refractivity contribution in [3.05, 3.63) is 58.1 Å². The van der Waals surface area contributed by atoms with Gasteiger partial charge in [0, 0.05) is 6.07 Å². The van der Waals surface area contributed by atoms with Crippen LogP contribution < -0.4 is 10.9 Å². The lowest BCUT2D eigenvalue weighted by atomic mass is 10.2. The van der Waals surface area contributed by atoms with E-state index in [1.54, 1.807) is 6.07 Å². The average molecular weight is 289 g/mol. The van der Waals surface area contributed by atoms with Crippen LogP contribution in [0.15, 0.2) is 42.5 Å². The van der Waals surface area contributed by atoms with Crippen LogP contribution in [0.3, 0.4) is 0 Å². The third-order valence-electron chi connectivity index (χ3n) is 2.68. The minimum absolute atomic E-state index is 0.0281. The highest BCUT2D eigenvalue weighted by Gasteiger charge is 2.13. The van der Waals surface area contributed by atoms with Crippen LogP contribution >= 0.6 is 0 Å². The minimum atomic E-state index is -1.15. The molecule has 0 fully saturated rings. The van der Waals surface area contributed by atoms with Gasteiger partial charge in [0.25, 0.3) is 5.69 Å². The van der Waals surface area contributed by atoms with E-state index in [1.165, 1.54) is 36.4 Å². The van der Waals surface area contributed by atoms with Gasteiger partial charge in [-0.2, -0.15) is 0 Å². The number of nitrogens with zero attached hydrogens (tertiary/aromatic N) is 1. The molecule has 0 amide bonds. The van der Waals surface area contributed by atoms with Crippen LogP contribution in [-0.4, -0.2) is 21.1 Å². The molecule has 8 heteroatoms. The summed E-state index contributed by atoms with van der Waals surface area (Å²) >= 11 is 0. The second-order valence-electron chi connectivity index (χ2n) is 4.06.